The number of carboxylic acids is 1. The lowest BCUT2D eigenvalue weighted by Crippen LogP contribution is -1.96. The molecule has 2 aromatic rings. The second-order valence-electron chi connectivity index (χ2n) is 2.76. The highest BCUT2D eigenvalue weighted by molar-refractivity contribution is 7.21. The van der Waals surface area contributed by atoms with Crippen LogP contribution in [0.25, 0.3) is 10.1 Å². The fraction of sp³-hybridized carbons (Fsp3) is 0. The van der Waals surface area contributed by atoms with Crippen molar-refractivity contribution in [3.8, 4) is 5.06 Å². The number of halogens is 1. The molecule has 2 rings (SSSR count). The van der Waals surface area contributed by atoms with E-state index < -0.39 is 11.8 Å². The molecule has 1 heterocycles. The van der Waals surface area contributed by atoms with Crippen molar-refractivity contribution in [3.63, 3.8) is 0 Å². The van der Waals surface area contributed by atoms with Crippen LogP contribution in [0.5, 0.6) is 5.06 Å². The lowest BCUT2D eigenvalue weighted by molar-refractivity contribution is 0.0698. The Balaban J connectivity index is 2.85. The summed E-state index contributed by atoms with van der Waals surface area (Å²) in [7, 11) is 0. The zero-order valence-corrected chi connectivity index (χ0v) is 7.64. The van der Waals surface area contributed by atoms with Crippen LogP contribution in [0, 0.1) is 5.82 Å². The van der Waals surface area contributed by atoms with E-state index in [4.69, 9.17) is 10.2 Å². The number of rotatable bonds is 1. The van der Waals surface area contributed by atoms with Crippen LogP contribution in [0.4, 0.5) is 4.39 Å². The molecule has 0 amide bonds. The van der Waals surface area contributed by atoms with Gasteiger partial charge in [0, 0.05) is 5.39 Å². The predicted octanol–water partition coefficient (Wildman–Crippen LogP) is 2.44. The molecular weight excluding hydrogens is 207 g/mol. The highest BCUT2D eigenvalue weighted by atomic mass is 32.1. The van der Waals surface area contributed by atoms with Crippen LogP contribution in [0.2, 0.25) is 0 Å². The SMILES string of the molecule is O=C(O)c1cc(F)cc2cc(O)sc12. The van der Waals surface area contributed by atoms with Crippen molar-refractivity contribution in [3.05, 3.63) is 29.6 Å². The summed E-state index contributed by atoms with van der Waals surface area (Å²) in [4.78, 5) is 10.7. The van der Waals surface area contributed by atoms with Gasteiger partial charge in [0.15, 0.2) is 5.06 Å². The average molecular weight is 212 g/mol. The van der Waals surface area contributed by atoms with Gasteiger partial charge in [0.2, 0.25) is 0 Å². The van der Waals surface area contributed by atoms with Gasteiger partial charge in [-0.15, -0.1) is 0 Å². The minimum absolute atomic E-state index is 0.0203. The molecule has 0 aliphatic rings. The van der Waals surface area contributed by atoms with Crippen molar-refractivity contribution in [2.45, 2.75) is 0 Å². The quantitative estimate of drug-likeness (QED) is 0.763. The first kappa shape index (κ1) is 8.96. The number of carboxylic acid groups (broad SMARTS) is 1. The summed E-state index contributed by atoms with van der Waals surface area (Å²) >= 11 is 0.924. The first-order valence-corrected chi connectivity index (χ1v) is 4.55. The van der Waals surface area contributed by atoms with Crippen LogP contribution < -0.4 is 0 Å². The van der Waals surface area contributed by atoms with E-state index in [1.165, 1.54) is 12.1 Å². The second kappa shape index (κ2) is 2.95. The van der Waals surface area contributed by atoms with Crippen LogP contribution in [-0.2, 0) is 0 Å². The number of aromatic carboxylic acids is 1. The molecule has 2 N–H and O–H groups in total. The van der Waals surface area contributed by atoms with Crippen LogP contribution in [0.1, 0.15) is 10.4 Å². The molecule has 0 atom stereocenters. The summed E-state index contributed by atoms with van der Waals surface area (Å²) in [6.45, 7) is 0. The molecule has 0 saturated carbocycles. The van der Waals surface area contributed by atoms with E-state index >= 15 is 0 Å². The zero-order valence-electron chi connectivity index (χ0n) is 6.82. The number of thiophene rings is 1. The Hall–Kier alpha value is -1.62. The molecule has 0 spiro atoms. The maximum absolute atomic E-state index is 12.9. The van der Waals surface area contributed by atoms with Crippen molar-refractivity contribution in [2.24, 2.45) is 0 Å². The highest BCUT2D eigenvalue weighted by Crippen LogP contribution is 2.33. The molecule has 0 saturated heterocycles. The topological polar surface area (TPSA) is 57.5 Å². The summed E-state index contributed by atoms with van der Waals surface area (Å²) in [6, 6.07) is 3.48. The van der Waals surface area contributed by atoms with Gasteiger partial charge in [0.1, 0.15) is 5.82 Å². The Bertz CT molecular complexity index is 518. The predicted molar refractivity (Wildman–Crippen MR) is 50.4 cm³/mol. The number of carbonyl (C=O) groups is 1. The summed E-state index contributed by atoms with van der Waals surface area (Å²) in [5.41, 5.74) is -0.120. The third kappa shape index (κ3) is 1.31. The first-order chi connectivity index (χ1) is 6.58. The molecular formula is C9H5FO3S. The van der Waals surface area contributed by atoms with Crippen LogP contribution in [0.15, 0.2) is 18.2 Å². The molecule has 5 heteroatoms. The molecule has 72 valence electrons. The standard InChI is InChI=1S/C9H5FO3S/c10-5-1-4-2-7(11)14-8(4)6(3-5)9(12)13/h1-3,11H,(H,12,13). The van der Waals surface area contributed by atoms with E-state index in [0.717, 1.165) is 17.4 Å². The molecule has 0 fully saturated rings. The summed E-state index contributed by atoms with van der Waals surface area (Å²) in [5, 5.41) is 18.3. The molecule has 0 radical (unpaired) electrons. The number of hydrogen-bond donors (Lipinski definition) is 2. The Kier molecular flexibility index (Phi) is 1.89. The third-order valence-corrected chi connectivity index (χ3v) is 2.79. The van der Waals surface area contributed by atoms with Gasteiger partial charge >= 0.3 is 5.97 Å². The van der Waals surface area contributed by atoms with Crippen molar-refractivity contribution >= 4 is 27.4 Å². The first-order valence-electron chi connectivity index (χ1n) is 3.73. The Morgan fingerprint density at radius 1 is 1.36 bits per heavy atom. The smallest absolute Gasteiger partial charge is 0.337 e. The monoisotopic (exact) mass is 212 g/mol. The number of fused-ring (bicyclic) bond motifs is 1. The van der Waals surface area contributed by atoms with E-state index in [2.05, 4.69) is 0 Å². The maximum atomic E-state index is 12.9. The van der Waals surface area contributed by atoms with Gasteiger partial charge in [-0.05, 0) is 18.2 Å². The maximum Gasteiger partial charge on any atom is 0.337 e. The molecule has 0 aliphatic heterocycles. The summed E-state index contributed by atoms with van der Waals surface area (Å²) < 4.78 is 13.3. The fourth-order valence-corrected chi connectivity index (χ4v) is 2.15. The molecule has 0 bridgehead atoms. The van der Waals surface area contributed by atoms with Crippen LogP contribution in [0.3, 0.4) is 0 Å². The lowest BCUT2D eigenvalue weighted by atomic mass is 10.1. The van der Waals surface area contributed by atoms with Gasteiger partial charge in [-0.2, -0.15) is 0 Å². The molecule has 14 heavy (non-hydrogen) atoms. The average Bonchev–Trinajstić information content (AvgIpc) is 2.42. The highest BCUT2D eigenvalue weighted by Gasteiger charge is 2.13. The van der Waals surface area contributed by atoms with Crippen molar-refractivity contribution in [1.82, 2.24) is 0 Å². The van der Waals surface area contributed by atoms with Crippen molar-refractivity contribution < 1.29 is 19.4 Å². The Morgan fingerprint density at radius 3 is 2.71 bits per heavy atom. The van der Waals surface area contributed by atoms with E-state index in [-0.39, 0.29) is 10.6 Å². The summed E-state index contributed by atoms with van der Waals surface area (Å²) in [6.07, 6.45) is 0. The van der Waals surface area contributed by atoms with Crippen LogP contribution >= 0.6 is 11.3 Å². The van der Waals surface area contributed by atoms with Gasteiger partial charge in [0.25, 0.3) is 0 Å². The van der Waals surface area contributed by atoms with Gasteiger partial charge in [0.05, 0.1) is 10.3 Å². The lowest BCUT2D eigenvalue weighted by Gasteiger charge is -1.96. The molecule has 0 unspecified atom stereocenters. The van der Waals surface area contributed by atoms with Crippen molar-refractivity contribution in [1.29, 1.82) is 0 Å². The third-order valence-electron chi connectivity index (χ3n) is 1.80. The van der Waals surface area contributed by atoms with E-state index in [1.54, 1.807) is 0 Å². The minimum Gasteiger partial charge on any atom is -0.499 e. The molecule has 3 nitrogen and oxygen atoms in total. The van der Waals surface area contributed by atoms with Crippen molar-refractivity contribution in [2.75, 3.05) is 0 Å². The normalized spacial score (nSPS) is 10.6. The molecule has 0 aliphatic carbocycles. The van der Waals surface area contributed by atoms with Crippen LogP contribution in [-0.4, -0.2) is 16.2 Å². The van der Waals surface area contributed by atoms with E-state index in [0.29, 0.717) is 10.1 Å². The number of hydrogen-bond acceptors (Lipinski definition) is 3. The largest absolute Gasteiger partial charge is 0.499 e. The molecule has 1 aromatic carbocycles. The minimum atomic E-state index is -1.20. The van der Waals surface area contributed by atoms with E-state index in [9.17, 15) is 9.18 Å². The van der Waals surface area contributed by atoms with Gasteiger partial charge in [-0.3, -0.25) is 0 Å². The zero-order chi connectivity index (χ0) is 10.3. The van der Waals surface area contributed by atoms with E-state index in [1.807, 2.05) is 0 Å². The summed E-state index contributed by atoms with van der Waals surface area (Å²) in [5.74, 6) is -1.82. The Morgan fingerprint density at radius 2 is 2.07 bits per heavy atom. The second-order valence-corrected chi connectivity index (χ2v) is 3.79. The van der Waals surface area contributed by atoms with Gasteiger partial charge in [-0.1, -0.05) is 11.3 Å². The molecule has 1 aromatic heterocycles. The number of benzene rings is 1. The Labute approximate surface area is 82.0 Å². The van der Waals surface area contributed by atoms with Gasteiger partial charge in [-0.25, -0.2) is 9.18 Å². The fourth-order valence-electron chi connectivity index (χ4n) is 1.26. The van der Waals surface area contributed by atoms with Gasteiger partial charge < -0.3 is 10.2 Å². The number of aromatic hydroxyl groups is 1.